The molecular formula is C35H29N3O5S2. The summed E-state index contributed by atoms with van der Waals surface area (Å²) in [7, 11) is 0. The van der Waals surface area contributed by atoms with Crippen LogP contribution in [0.1, 0.15) is 35.2 Å². The highest BCUT2D eigenvalue weighted by atomic mass is 32.2. The van der Waals surface area contributed by atoms with Gasteiger partial charge in [0.2, 0.25) is 5.13 Å². The number of amides is 1. The molecule has 0 radical (unpaired) electrons. The van der Waals surface area contributed by atoms with Crippen molar-refractivity contribution in [2.75, 3.05) is 11.5 Å². The smallest absolute Gasteiger partial charge is 0.301 e. The highest BCUT2D eigenvalue weighted by molar-refractivity contribution is 8.00. The van der Waals surface area contributed by atoms with E-state index in [1.165, 1.54) is 28.0 Å². The summed E-state index contributed by atoms with van der Waals surface area (Å²) in [6, 6.07) is 32.7. The fourth-order valence-corrected chi connectivity index (χ4v) is 6.79. The molecular weight excluding hydrogens is 607 g/mol. The van der Waals surface area contributed by atoms with Crippen LogP contribution in [0, 0.1) is 0 Å². The average Bonchev–Trinajstić information content (AvgIpc) is 3.65. The predicted molar refractivity (Wildman–Crippen MR) is 176 cm³/mol. The molecule has 10 heteroatoms. The summed E-state index contributed by atoms with van der Waals surface area (Å²) in [6.07, 6.45) is 0. The Morgan fingerprint density at radius 1 is 0.844 bits per heavy atom. The molecule has 226 valence electrons. The third-order valence-corrected chi connectivity index (χ3v) is 9.24. The summed E-state index contributed by atoms with van der Waals surface area (Å²) in [4.78, 5) is 28.6. The number of hydrogen-bond donors (Lipinski definition) is 1. The summed E-state index contributed by atoms with van der Waals surface area (Å²) in [6.45, 7) is 2.72. The zero-order valence-corrected chi connectivity index (χ0v) is 26.0. The Hall–Kier alpha value is -4.93. The number of carbonyl (C=O) groups is 2. The number of ether oxygens (including phenoxy) is 2. The van der Waals surface area contributed by atoms with Gasteiger partial charge in [0.15, 0.2) is 4.34 Å². The average molecular weight is 636 g/mol. The molecule has 0 aliphatic carbocycles. The molecule has 1 fully saturated rings. The Morgan fingerprint density at radius 2 is 1.56 bits per heavy atom. The first-order valence-electron chi connectivity index (χ1n) is 14.3. The van der Waals surface area contributed by atoms with Gasteiger partial charge < -0.3 is 14.6 Å². The van der Waals surface area contributed by atoms with E-state index in [0.717, 1.165) is 11.1 Å². The van der Waals surface area contributed by atoms with Gasteiger partial charge in [0.25, 0.3) is 5.78 Å². The number of carbonyl (C=O) groups excluding carboxylic acids is 2. The Morgan fingerprint density at radius 3 is 2.27 bits per heavy atom. The van der Waals surface area contributed by atoms with E-state index in [1.54, 1.807) is 42.5 Å². The van der Waals surface area contributed by atoms with Gasteiger partial charge in [-0.3, -0.25) is 14.5 Å². The van der Waals surface area contributed by atoms with Gasteiger partial charge in [-0.1, -0.05) is 95.9 Å². The second kappa shape index (κ2) is 13.8. The quantitative estimate of drug-likeness (QED) is 0.0526. The maximum Gasteiger partial charge on any atom is 0.301 e. The Labute approximate surface area is 269 Å². The Kier molecular flexibility index (Phi) is 9.23. The molecule has 0 bridgehead atoms. The largest absolute Gasteiger partial charge is 0.507 e. The molecule has 1 saturated heterocycles. The molecule has 1 N–H and O–H groups in total. The first-order valence-corrected chi connectivity index (χ1v) is 16.1. The zero-order valence-electron chi connectivity index (χ0n) is 24.3. The lowest BCUT2D eigenvalue weighted by Gasteiger charge is -2.23. The number of Topliss-reactive ketones (excluding diaryl/α,β-unsaturated/α-hetero) is 1. The molecule has 1 aromatic heterocycles. The van der Waals surface area contributed by atoms with Gasteiger partial charge in [0, 0.05) is 11.3 Å². The van der Waals surface area contributed by atoms with Crippen molar-refractivity contribution in [3.05, 3.63) is 137 Å². The second-order valence-corrected chi connectivity index (χ2v) is 12.3. The van der Waals surface area contributed by atoms with Crippen LogP contribution in [0.3, 0.4) is 0 Å². The van der Waals surface area contributed by atoms with Crippen LogP contribution in [0.25, 0.3) is 5.76 Å². The number of ketones is 1. The van der Waals surface area contributed by atoms with E-state index < -0.39 is 17.7 Å². The fraction of sp³-hybridized carbons (Fsp3) is 0.143. The number of aliphatic hydroxyl groups is 1. The summed E-state index contributed by atoms with van der Waals surface area (Å²) >= 11 is 2.72. The minimum absolute atomic E-state index is 0.0435. The number of aromatic nitrogens is 2. The highest BCUT2D eigenvalue weighted by Gasteiger charge is 2.48. The van der Waals surface area contributed by atoms with Crippen LogP contribution >= 0.6 is 23.1 Å². The van der Waals surface area contributed by atoms with Crippen LogP contribution in [-0.2, 0) is 21.9 Å². The van der Waals surface area contributed by atoms with E-state index in [2.05, 4.69) is 10.2 Å². The maximum atomic E-state index is 13.7. The standard InChI is InChI=1S/C35H29N3O5S2/c1-2-42-27-18-16-25(17-19-27)31(39)29-30(26-14-9-15-28(20-26)43-21-23-10-5-3-6-11-23)38(33(41)32(29)40)34-36-37-35(45-34)44-22-24-12-7-4-8-13-24/h3-20,30,39H,2,21-22H2,1H3. The number of benzene rings is 4. The van der Waals surface area contributed by atoms with E-state index in [4.69, 9.17) is 9.47 Å². The molecule has 1 amide bonds. The summed E-state index contributed by atoms with van der Waals surface area (Å²) in [5.74, 6) is -0.0312. The number of nitrogens with zero attached hydrogens (tertiary/aromatic N) is 3. The zero-order chi connectivity index (χ0) is 31.2. The minimum atomic E-state index is -0.961. The molecule has 1 atom stereocenters. The van der Waals surface area contributed by atoms with Crippen molar-refractivity contribution in [1.29, 1.82) is 0 Å². The lowest BCUT2D eigenvalue weighted by molar-refractivity contribution is -0.132. The van der Waals surface area contributed by atoms with Crippen molar-refractivity contribution in [2.24, 2.45) is 0 Å². The van der Waals surface area contributed by atoms with Crippen molar-refractivity contribution in [2.45, 2.75) is 29.7 Å². The van der Waals surface area contributed by atoms with Gasteiger partial charge in [-0.25, -0.2) is 0 Å². The number of aliphatic hydroxyl groups excluding tert-OH is 1. The van der Waals surface area contributed by atoms with Crippen LogP contribution in [-0.4, -0.2) is 33.6 Å². The normalized spacial score (nSPS) is 15.8. The molecule has 1 aliphatic rings. The summed E-state index contributed by atoms with van der Waals surface area (Å²) < 4.78 is 12.3. The van der Waals surface area contributed by atoms with E-state index in [0.29, 0.717) is 45.9 Å². The third-order valence-electron chi connectivity index (χ3n) is 7.11. The molecule has 0 spiro atoms. The van der Waals surface area contributed by atoms with Gasteiger partial charge in [0.05, 0.1) is 18.2 Å². The minimum Gasteiger partial charge on any atom is -0.507 e. The molecule has 0 saturated carbocycles. The molecule has 2 heterocycles. The van der Waals surface area contributed by atoms with Crippen molar-refractivity contribution in [3.8, 4) is 11.5 Å². The van der Waals surface area contributed by atoms with E-state index in [9.17, 15) is 14.7 Å². The number of rotatable bonds is 11. The van der Waals surface area contributed by atoms with Gasteiger partial charge >= 0.3 is 5.91 Å². The van der Waals surface area contributed by atoms with Crippen LogP contribution in [0.5, 0.6) is 11.5 Å². The van der Waals surface area contributed by atoms with Crippen molar-refractivity contribution < 1.29 is 24.2 Å². The van der Waals surface area contributed by atoms with Gasteiger partial charge in [-0.2, -0.15) is 0 Å². The summed E-state index contributed by atoms with van der Waals surface area (Å²) in [5, 5.41) is 20.4. The second-order valence-electron chi connectivity index (χ2n) is 10.1. The van der Waals surface area contributed by atoms with Gasteiger partial charge in [-0.05, 0) is 60.0 Å². The van der Waals surface area contributed by atoms with E-state index >= 15 is 0 Å². The third kappa shape index (κ3) is 6.77. The molecule has 5 aromatic rings. The number of hydrogen-bond acceptors (Lipinski definition) is 9. The van der Waals surface area contributed by atoms with Crippen molar-refractivity contribution in [1.82, 2.24) is 10.2 Å². The Balaban J connectivity index is 1.37. The fourth-order valence-electron chi connectivity index (χ4n) is 4.97. The van der Waals surface area contributed by atoms with Crippen LogP contribution in [0.4, 0.5) is 5.13 Å². The molecule has 8 nitrogen and oxygen atoms in total. The molecule has 45 heavy (non-hydrogen) atoms. The van der Waals surface area contributed by atoms with Crippen molar-refractivity contribution >= 4 is 45.7 Å². The predicted octanol–water partition coefficient (Wildman–Crippen LogP) is 7.43. The summed E-state index contributed by atoms with van der Waals surface area (Å²) in [5.41, 5.74) is 3.05. The first kappa shape index (κ1) is 30.1. The molecule has 1 unspecified atom stereocenters. The molecule has 4 aromatic carbocycles. The van der Waals surface area contributed by atoms with Crippen LogP contribution in [0.2, 0.25) is 0 Å². The highest BCUT2D eigenvalue weighted by Crippen LogP contribution is 2.44. The topological polar surface area (TPSA) is 102 Å². The molecule has 6 rings (SSSR count). The van der Waals surface area contributed by atoms with Crippen molar-refractivity contribution in [3.63, 3.8) is 0 Å². The number of thioether (sulfide) groups is 1. The Bertz CT molecular complexity index is 1830. The van der Waals surface area contributed by atoms with E-state index in [-0.39, 0.29) is 16.5 Å². The lowest BCUT2D eigenvalue weighted by atomic mass is 9.95. The van der Waals surface area contributed by atoms with E-state index in [1.807, 2.05) is 73.7 Å². The monoisotopic (exact) mass is 635 g/mol. The maximum absolute atomic E-state index is 13.7. The SMILES string of the molecule is CCOc1ccc(C(O)=C2C(=O)C(=O)N(c3nnc(SCc4ccccc4)s3)C2c2cccc(OCc3ccccc3)c2)cc1. The van der Waals surface area contributed by atoms with Crippen LogP contribution in [0.15, 0.2) is 119 Å². The number of anilines is 1. The van der Waals surface area contributed by atoms with Gasteiger partial charge in [0.1, 0.15) is 23.9 Å². The lowest BCUT2D eigenvalue weighted by Crippen LogP contribution is -2.29. The molecule has 1 aliphatic heterocycles. The van der Waals surface area contributed by atoms with Crippen LogP contribution < -0.4 is 14.4 Å². The first-order chi connectivity index (χ1) is 22.0. The van der Waals surface area contributed by atoms with Gasteiger partial charge in [-0.15, -0.1) is 10.2 Å².